The third kappa shape index (κ3) is 7.15. The lowest BCUT2D eigenvalue weighted by Crippen LogP contribution is -2.57. The van der Waals surface area contributed by atoms with E-state index in [0.717, 1.165) is 70.9 Å². The number of thiophene rings is 1. The zero-order chi connectivity index (χ0) is 34.6. The maximum Gasteiger partial charge on any atom is 0.203 e. The first-order valence-corrected chi connectivity index (χ1v) is 20.0. The minimum absolute atomic E-state index is 0.0274. The molecule has 5 fully saturated rings. The van der Waals surface area contributed by atoms with E-state index in [4.69, 9.17) is 0 Å². The minimum Gasteiger partial charge on any atom is -0.394 e. The van der Waals surface area contributed by atoms with E-state index in [1.54, 1.807) is 0 Å². The SMILES string of the molecule is CC1=CCCC2(C)C(CCC2(O)CN(CC(O)CO)CC23CC4CC(CC(C4)C2)C3)c2ccc(cc2C(=O)c2ccc(C)s2)CC(O)CC1. The molecule has 5 atom stereocenters. The Labute approximate surface area is 297 Å². The van der Waals surface area contributed by atoms with Crippen LogP contribution in [0.3, 0.4) is 0 Å². The van der Waals surface area contributed by atoms with Gasteiger partial charge in [-0.05, 0) is 156 Å². The van der Waals surface area contributed by atoms with Crippen molar-refractivity contribution < 1.29 is 25.2 Å². The molecule has 2 aromatic rings. The molecule has 5 saturated carbocycles. The summed E-state index contributed by atoms with van der Waals surface area (Å²) in [4.78, 5) is 18.4. The Bertz CT molecular complexity index is 1510. The standard InChI is InChI=1S/C42H59NO5S/c1-27-5-4-13-40(3)37(35-10-8-29(18-33(45)9-6-27)19-36(35)39(47)38-11-7-28(2)49-38)12-14-42(40,48)26-43(23-34(46)24-44)25-41-20-30-15-31(21-41)17-32(16-30)22-41/h5,7-8,10-11,19,30-34,37,44-46,48H,4,6,9,12-18,20-26H2,1-3H3. The first-order valence-electron chi connectivity index (χ1n) is 19.2. The lowest BCUT2D eigenvalue weighted by atomic mass is 9.49. The molecule has 0 saturated heterocycles. The van der Waals surface area contributed by atoms with Crippen LogP contribution in [0.4, 0.5) is 0 Å². The minimum atomic E-state index is -1.04. The van der Waals surface area contributed by atoms with E-state index in [-0.39, 0.29) is 23.7 Å². The second-order valence-electron chi connectivity index (χ2n) is 17.6. The zero-order valence-corrected chi connectivity index (χ0v) is 30.8. The number of fused-ring (bicyclic) bond motifs is 8. The number of allylic oxidation sites excluding steroid dienone is 2. The molecule has 9 rings (SSSR count). The van der Waals surface area contributed by atoms with E-state index in [1.807, 2.05) is 25.1 Å². The normalized spacial score (nSPS) is 36.5. The van der Waals surface area contributed by atoms with Crippen LogP contribution in [0.5, 0.6) is 0 Å². The summed E-state index contributed by atoms with van der Waals surface area (Å²) in [6.45, 7) is 7.84. The molecule has 0 aliphatic heterocycles. The molecule has 1 aromatic carbocycles. The molecule has 5 unspecified atom stereocenters. The number of hydrogen-bond acceptors (Lipinski definition) is 7. The lowest BCUT2D eigenvalue weighted by molar-refractivity contribution is -0.114. The number of aliphatic hydroxyl groups is 4. The van der Waals surface area contributed by atoms with E-state index >= 15 is 0 Å². The molecule has 4 N–H and O–H groups in total. The van der Waals surface area contributed by atoms with Gasteiger partial charge in [-0.3, -0.25) is 9.69 Å². The van der Waals surface area contributed by atoms with Crippen LogP contribution in [0, 0.1) is 35.5 Å². The van der Waals surface area contributed by atoms with Crippen molar-refractivity contribution >= 4 is 17.1 Å². The van der Waals surface area contributed by atoms with Crippen molar-refractivity contribution in [2.24, 2.45) is 28.6 Å². The predicted molar refractivity (Wildman–Crippen MR) is 196 cm³/mol. The number of ketones is 1. The zero-order valence-electron chi connectivity index (χ0n) is 30.0. The third-order valence-electron chi connectivity index (χ3n) is 13.8. The van der Waals surface area contributed by atoms with Crippen LogP contribution in [0.15, 0.2) is 42.0 Å². The van der Waals surface area contributed by atoms with E-state index in [2.05, 4.69) is 37.0 Å². The molecular weight excluding hydrogens is 631 g/mol. The van der Waals surface area contributed by atoms with Gasteiger partial charge in [0.15, 0.2) is 0 Å². The molecule has 7 aliphatic carbocycles. The van der Waals surface area contributed by atoms with Crippen LogP contribution in [-0.4, -0.2) is 75.2 Å². The highest BCUT2D eigenvalue weighted by molar-refractivity contribution is 7.14. The van der Waals surface area contributed by atoms with Crippen LogP contribution in [0.2, 0.25) is 0 Å². The van der Waals surface area contributed by atoms with E-state index in [1.165, 1.54) is 55.4 Å². The van der Waals surface area contributed by atoms with Gasteiger partial charge in [0.25, 0.3) is 0 Å². The summed E-state index contributed by atoms with van der Waals surface area (Å²) in [5.41, 5.74) is 2.63. The van der Waals surface area contributed by atoms with Crippen molar-refractivity contribution in [3.05, 3.63) is 68.4 Å². The van der Waals surface area contributed by atoms with Crippen molar-refractivity contribution in [3.63, 3.8) is 0 Å². The highest BCUT2D eigenvalue weighted by Crippen LogP contribution is 2.62. The smallest absolute Gasteiger partial charge is 0.203 e. The Morgan fingerprint density at radius 1 is 1.00 bits per heavy atom. The summed E-state index contributed by atoms with van der Waals surface area (Å²) in [5, 5.41) is 44.9. The van der Waals surface area contributed by atoms with E-state index in [0.29, 0.717) is 37.9 Å². The van der Waals surface area contributed by atoms with Gasteiger partial charge in [-0.15, -0.1) is 11.3 Å². The van der Waals surface area contributed by atoms with Crippen LogP contribution in [0.25, 0.3) is 0 Å². The van der Waals surface area contributed by atoms with Gasteiger partial charge in [-0.25, -0.2) is 0 Å². The number of carbonyl (C=O) groups is 1. The fraction of sp³-hybridized carbons (Fsp3) is 0.690. The summed E-state index contributed by atoms with van der Waals surface area (Å²) < 4.78 is 0. The summed E-state index contributed by atoms with van der Waals surface area (Å²) in [6.07, 6.45) is 13.8. The maximum atomic E-state index is 14.3. The van der Waals surface area contributed by atoms with Gasteiger partial charge in [-0.2, -0.15) is 0 Å². The second kappa shape index (κ2) is 13.9. The number of rotatable bonds is 9. The van der Waals surface area contributed by atoms with Gasteiger partial charge in [0.1, 0.15) is 0 Å². The highest BCUT2D eigenvalue weighted by atomic mass is 32.1. The van der Waals surface area contributed by atoms with Gasteiger partial charge in [-0.1, -0.05) is 30.7 Å². The first kappa shape index (κ1) is 35.5. The van der Waals surface area contributed by atoms with Crippen molar-refractivity contribution in [1.82, 2.24) is 4.90 Å². The largest absolute Gasteiger partial charge is 0.394 e. The number of benzene rings is 1. The molecule has 6 nitrogen and oxygen atoms in total. The van der Waals surface area contributed by atoms with Gasteiger partial charge in [0, 0.05) is 35.5 Å². The Kier molecular flexibility index (Phi) is 10.1. The van der Waals surface area contributed by atoms with Crippen LogP contribution in [-0.2, 0) is 6.42 Å². The molecule has 268 valence electrons. The lowest BCUT2D eigenvalue weighted by Gasteiger charge is -2.58. The van der Waals surface area contributed by atoms with Crippen LogP contribution >= 0.6 is 11.3 Å². The van der Waals surface area contributed by atoms with Crippen molar-refractivity contribution in [2.75, 3.05) is 26.2 Å². The predicted octanol–water partition coefficient (Wildman–Crippen LogP) is 7.20. The molecule has 7 heteroatoms. The van der Waals surface area contributed by atoms with Crippen molar-refractivity contribution in [3.8, 4) is 0 Å². The second-order valence-corrected chi connectivity index (χ2v) is 18.9. The van der Waals surface area contributed by atoms with Crippen LogP contribution in [0.1, 0.15) is 128 Å². The van der Waals surface area contributed by atoms with Crippen LogP contribution < -0.4 is 0 Å². The first-order chi connectivity index (χ1) is 23.4. The summed E-state index contributed by atoms with van der Waals surface area (Å²) in [5.74, 6) is 2.44. The van der Waals surface area contributed by atoms with E-state index in [9.17, 15) is 25.2 Å². The quantitative estimate of drug-likeness (QED) is 0.164. The summed E-state index contributed by atoms with van der Waals surface area (Å²) >= 11 is 1.52. The number of aliphatic hydroxyl groups excluding tert-OH is 3. The Balaban J connectivity index is 1.26. The average molecular weight is 690 g/mol. The number of nitrogens with zero attached hydrogens (tertiary/aromatic N) is 1. The van der Waals surface area contributed by atoms with Crippen molar-refractivity contribution in [2.45, 2.75) is 128 Å². The van der Waals surface area contributed by atoms with Gasteiger partial charge >= 0.3 is 0 Å². The van der Waals surface area contributed by atoms with Gasteiger partial charge in [0.05, 0.1) is 29.3 Å². The fourth-order valence-corrected chi connectivity index (χ4v) is 12.6. The highest BCUT2D eigenvalue weighted by Gasteiger charge is 2.58. The molecule has 0 spiro atoms. The maximum absolute atomic E-state index is 14.3. The summed E-state index contributed by atoms with van der Waals surface area (Å²) in [7, 11) is 0. The van der Waals surface area contributed by atoms with Gasteiger partial charge < -0.3 is 20.4 Å². The molecule has 1 heterocycles. The Morgan fingerprint density at radius 3 is 2.37 bits per heavy atom. The topological polar surface area (TPSA) is 101 Å². The molecule has 0 amide bonds. The Morgan fingerprint density at radius 2 is 1.71 bits per heavy atom. The molecule has 6 bridgehead atoms. The van der Waals surface area contributed by atoms with Crippen molar-refractivity contribution in [1.29, 1.82) is 0 Å². The molecule has 49 heavy (non-hydrogen) atoms. The summed E-state index contributed by atoms with van der Waals surface area (Å²) in [6, 6.07) is 10.2. The molecule has 0 radical (unpaired) electrons. The number of hydrogen-bond donors (Lipinski definition) is 4. The molecule has 7 aliphatic rings. The third-order valence-corrected chi connectivity index (χ3v) is 14.8. The van der Waals surface area contributed by atoms with Gasteiger partial charge in [0.2, 0.25) is 5.78 Å². The Hall–Kier alpha value is -1.87. The average Bonchev–Trinajstić information content (AvgIpc) is 3.58. The fourth-order valence-electron chi connectivity index (χ4n) is 11.8. The molecule has 1 aromatic heterocycles. The number of aryl methyl sites for hydroxylation is 1. The number of carbonyl (C=O) groups excluding carboxylic acids is 1. The molecular formula is C42H59NO5S. The monoisotopic (exact) mass is 689 g/mol. The van der Waals surface area contributed by atoms with E-state index < -0.39 is 23.2 Å².